The minimum absolute atomic E-state index is 0.0193. The van der Waals surface area contributed by atoms with Crippen molar-refractivity contribution in [3.63, 3.8) is 0 Å². The van der Waals surface area contributed by atoms with Gasteiger partial charge < -0.3 is 4.90 Å². The van der Waals surface area contributed by atoms with Crippen LogP contribution in [0.15, 0.2) is 63.8 Å². The molecule has 0 saturated heterocycles. The number of fused-ring (bicyclic) bond motifs is 1. The molecule has 8 heteroatoms. The quantitative estimate of drug-likeness (QED) is 0.890. The number of hydrogen-bond acceptors (Lipinski definition) is 5. The van der Waals surface area contributed by atoms with Crippen molar-refractivity contribution in [2.24, 2.45) is 4.99 Å². The van der Waals surface area contributed by atoms with Crippen LogP contribution in [0.5, 0.6) is 0 Å². The van der Waals surface area contributed by atoms with E-state index < -0.39 is 15.8 Å². The molecule has 2 aliphatic rings. The van der Waals surface area contributed by atoms with E-state index in [1.54, 1.807) is 23.9 Å². The Hall–Kier alpha value is -2.32. The van der Waals surface area contributed by atoms with Gasteiger partial charge in [-0.15, -0.1) is 0 Å². The Morgan fingerprint density at radius 1 is 1.08 bits per heavy atom. The second-order valence-electron chi connectivity index (χ2n) is 5.57. The molecule has 5 nitrogen and oxygen atoms in total. The molecular weight excluding hydrogens is 361 g/mol. The molecule has 0 fully saturated rings. The molecule has 0 aromatic heterocycles. The van der Waals surface area contributed by atoms with Crippen LogP contribution in [0.2, 0.25) is 0 Å². The van der Waals surface area contributed by atoms with Crippen molar-refractivity contribution >= 4 is 38.3 Å². The first-order valence-electron chi connectivity index (χ1n) is 7.61. The van der Waals surface area contributed by atoms with E-state index in [1.165, 1.54) is 12.1 Å². The van der Waals surface area contributed by atoms with Gasteiger partial charge in [-0.25, -0.2) is 12.8 Å². The van der Waals surface area contributed by atoms with E-state index in [1.807, 2.05) is 12.1 Å². The van der Waals surface area contributed by atoms with Crippen molar-refractivity contribution in [1.29, 1.82) is 0 Å². The summed E-state index contributed by atoms with van der Waals surface area (Å²) in [7, 11) is -3.74. The fourth-order valence-electron chi connectivity index (χ4n) is 2.68. The zero-order chi connectivity index (χ0) is 17.4. The van der Waals surface area contributed by atoms with Crippen LogP contribution in [-0.4, -0.2) is 31.6 Å². The van der Waals surface area contributed by atoms with Crippen LogP contribution in [0.3, 0.4) is 0 Å². The van der Waals surface area contributed by atoms with Gasteiger partial charge >= 0.3 is 0 Å². The molecule has 0 saturated carbocycles. The molecule has 1 N–H and O–H groups in total. The normalized spacial score (nSPS) is 16.4. The molecule has 2 aliphatic heterocycles. The zero-order valence-corrected chi connectivity index (χ0v) is 14.6. The number of thioether (sulfide) groups is 1. The minimum Gasteiger partial charge on any atom is -0.318 e. The highest BCUT2D eigenvalue weighted by molar-refractivity contribution is 8.16. The summed E-state index contributed by atoms with van der Waals surface area (Å²) in [6, 6.07) is 11.9. The first-order valence-corrected chi connectivity index (χ1v) is 9.97. The third kappa shape index (κ3) is 3.14. The number of hydrogen-bond donors (Lipinski definition) is 1. The monoisotopic (exact) mass is 375 g/mol. The lowest BCUT2D eigenvalue weighted by Gasteiger charge is -2.17. The smallest absolute Gasteiger partial charge is 0.261 e. The topological polar surface area (TPSA) is 61.8 Å². The van der Waals surface area contributed by atoms with Gasteiger partial charge in [-0.2, -0.15) is 0 Å². The Bertz CT molecular complexity index is 968. The number of nitrogens with one attached hydrogen (secondary N) is 1. The predicted octanol–water partition coefficient (Wildman–Crippen LogP) is 3.34. The van der Waals surface area contributed by atoms with Crippen LogP contribution in [0.4, 0.5) is 10.1 Å². The van der Waals surface area contributed by atoms with Crippen LogP contribution in [0.1, 0.15) is 5.56 Å². The van der Waals surface area contributed by atoms with Gasteiger partial charge in [-0.05, 0) is 42.0 Å². The van der Waals surface area contributed by atoms with Gasteiger partial charge in [0.05, 0.1) is 17.1 Å². The Morgan fingerprint density at radius 2 is 1.80 bits per heavy atom. The lowest BCUT2D eigenvalue weighted by atomic mass is 10.1. The summed E-state index contributed by atoms with van der Waals surface area (Å²) in [6.45, 7) is 1.67. The second kappa shape index (κ2) is 6.20. The highest BCUT2D eigenvalue weighted by Crippen LogP contribution is 2.35. The second-order valence-corrected chi connectivity index (χ2v) is 8.09. The summed E-state index contributed by atoms with van der Waals surface area (Å²) in [4.78, 5) is 6.59. The Labute approximate surface area is 149 Å². The van der Waals surface area contributed by atoms with Gasteiger partial charge in [-0.3, -0.25) is 9.71 Å². The van der Waals surface area contributed by atoms with Crippen LogP contribution in [0, 0.1) is 5.82 Å². The maximum Gasteiger partial charge on any atom is 0.261 e. The van der Waals surface area contributed by atoms with Crippen molar-refractivity contribution < 1.29 is 12.8 Å². The first kappa shape index (κ1) is 16.2. The fourth-order valence-corrected chi connectivity index (χ4v) is 4.71. The van der Waals surface area contributed by atoms with E-state index in [0.29, 0.717) is 5.69 Å². The summed E-state index contributed by atoms with van der Waals surface area (Å²) in [6.07, 6.45) is 0. The molecule has 128 valence electrons. The van der Waals surface area contributed by atoms with Crippen molar-refractivity contribution in [3.8, 4) is 0 Å². The lowest BCUT2D eigenvalue weighted by molar-refractivity contribution is 0.599. The summed E-state index contributed by atoms with van der Waals surface area (Å²) in [5, 5.41) is 3.06. The Kier molecular flexibility index (Phi) is 4.01. The predicted molar refractivity (Wildman–Crippen MR) is 98.2 cm³/mol. The van der Waals surface area contributed by atoms with Crippen molar-refractivity contribution in [1.82, 2.24) is 4.90 Å². The highest BCUT2D eigenvalue weighted by Gasteiger charge is 2.27. The zero-order valence-electron chi connectivity index (χ0n) is 13.0. The van der Waals surface area contributed by atoms with E-state index in [2.05, 4.69) is 20.0 Å². The van der Waals surface area contributed by atoms with Gasteiger partial charge in [0.2, 0.25) is 0 Å². The molecular formula is C17H14FN3O2S2. The molecule has 0 radical (unpaired) electrons. The Morgan fingerprint density at radius 3 is 2.52 bits per heavy atom. The maximum absolute atomic E-state index is 13.0. The van der Waals surface area contributed by atoms with Crippen molar-refractivity contribution in [2.75, 3.05) is 17.8 Å². The summed E-state index contributed by atoms with van der Waals surface area (Å²) in [5.74, 6) is -0.476. The van der Waals surface area contributed by atoms with Crippen LogP contribution >= 0.6 is 11.8 Å². The van der Waals surface area contributed by atoms with E-state index >= 15 is 0 Å². The van der Waals surface area contributed by atoms with Crippen LogP contribution < -0.4 is 4.72 Å². The molecule has 2 aromatic carbocycles. The maximum atomic E-state index is 13.0. The number of rotatable bonds is 4. The van der Waals surface area contributed by atoms with Gasteiger partial charge in [-0.1, -0.05) is 23.9 Å². The van der Waals surface area contributed by atoms with E-state index in [-0.39, 0.29) is 4.90 Å². The average molecular weight is 375 g/mol. The van der Waals surface area contributed by atoms with Gasteiger partial charge in [0.15, 0.2) is 5.17 Å². The molecule has 0 spiro atoms. The lowest BCUT2D eigenvalue weighted by Crippen LogP contribution is -2.19. The Balaban J connectivity index is 1.53. The molecule has 0 amide bonds. The van der Waals surface area contributed by atoms with Gasteiger partial charge in [0.25, 0.3) is 10.0 Å². The molecule has 2 heterocycles. The number of nitrogens with zero attached hydrogens (tertiary/aromatic N) is 2. The number of amidine groups is 1. The molecule has 4 rings (SSSR count). The largest absolute Gasteiger partial charge is 0.318 e. The summed E-state index contributed by atoms with van der Waals surface area (Å²) in [5.41, 5.74) is 2.54. The molecule has 2 aromatic rings. The first-order chi connectivity index (χ1) is 12.0. The van der Waals surface area contributed by atoms with Gasteiger partial charge in [0, 0.05) is 17.6 Å². The van der Waals surface area contributed by atoms with E-state index in [0.717, 1.165) is 41.7 Å². The number of aliphatic imine (C=N–C) groups is 1. The third-order valence-corrected chi connectivity index (χ3v) is 6.22. The van der Waals surface area contributed by atoms with Crippen LogP contribution in [0.25, 0.3) is 5.70 Å². The number of benzene rings is 2. The average Bonchev–Trinajstić information content (AvgIpc) is 3.19. The van der Waals surface area contributed by atoms with Crippen LogP contribution in [-0.2, 0) is 10.0 Å². The molecule has 0 bridgehead atoms. The minimum atomic E-state index is -3.74. The third-order valence-electron chi connectivity index (χ3n) is 3.93. The molecule has 0 atom stereocenters. The fraction of sp³-hybridized carbons (Fsp3) is 0.118. The van der Waals surface area contributed by atoms with E-state index in [9.17, 15) is 12.8 Å². The molecule has 0 aliphatic carbocycles. The van der Waals surface area contributed by atoms with Gasteiger partial charge in [0.1, 0.15) is 5.82 Å². The standard InChI is InChI=1S/C17H14FN3O2S2/c18-13-3-7-15(8-4-13)25(22,23)20-14-5-1-12(2-6-14)16-11-24-17-19-9-10-21(16)17/h1-8,11,20H,9-10H2. The number of anilines is 1. The summed E-state index contributed by atoms with van der Waals surface area (Å²) < 4.78 is 40.1. The molecule has 0 unspecified atom stereocenters. The number of halogens is 1. The van der Waals surface area contributed by atoms with E-state index in [4.69, 9.17) is 0 Å². The van der Waals surface area contributed by atoms with Crippen molar-refractivity contribution in [3.05, 3.63) is 65.3 Å². The SMILES string of the molecule is O=S(=O)(Nc1ccc(C2=CSC3=NCCN23)cc1)c1ccc(F)cc1. The van der Waals surface area contributed by atoms with Crippen molar-refractivity contribution in [2.45, 2.75) is 4.90 Å². The summed E-state index contributed by atoms with van der Waals surface area (Å²) >= 11 is 1.60. The highest BCUT2D eigenvalue weighted by atomic mass is 32.2. The molecule has 25 heavy (non-hydrogen) atoms. The number of sulfonamides is 1.